The SMILES string of the molecule is CCOC(=O)c1ccc(NC(=S)NC(CC)c2ccc(C)cc2)c(C)c1. The van der Waals surface area contributed by atoms with Gasteiger partial charge >= 0.3 is 5.97 Å². The van der Waals surface area contributed by atoms with E-state index < -0.39 is 0 Å². The third kappa shape index (κ3) is 5.30. The molecule has 0 radical (unpaired) electrons. The van der Waals surface area contributed by atoms with Crippen molar-refractivity contribution in [2.45, 2.75) is 40.2 Å². The zero-order valence-corrected chi connectivity index (χ0v) is 16.6. The van der Waals surface area contributed by atoms with E-state index in [0.717, 1.165) is 17.7 Å². The highest BCUT2D eigenvalue weighted by atomic mass is 32.1. The van der Waals surface area contributed by atoms with Gasteiger partial charge in [-0.15, -0.1) is 0 Å². The van der Waals surface area contributed by atoms with E-state index in [1.807, 2.05) is 13.0 Å². The summed E-state index contributed by atoms with van der Waals surface area (Å²) in [5, 5.41) is 7.15. The maximum atomic E-state index is 11.8. The predicted octanol–water partition coefficient (Wildman–Crippen LogP) is 4.92. The third-order valence-corrected chi connectivity index (χ3v) is 4.40. The molecule has 5 heteroatoms. The summed E-state index contributed by atoms with van der Waals surface area (Å²) in [5.74, 6) is -0.312. The fourth-order valence-corrected chi connectivity index (χ4v) is 2.93. The first kappa shape index (κ1) is 19.9. The number of ether oxygens (including phenoxy) is 1. The third-order valence-electron chi connectivity index (χ3n) is 4.18. The molecule has 2 N–H and O–H groups in total. The summed E-state index contributed by atoms with van der Waals surface area (Å²) in [5.41, 5.74) is 4.79. The van der Waals surface area contributed by atoms with Crippen LogP contribution >= 0.6 is 12.2 Å². The van der Waals surface area contributed by atoms with Crippen LogP contribution in [0.25, 0.3) is 0 Å². The molecule has 0 aliphatic carbocycles. The number of nitrogens with one attached hydrogen (secondary N) is 2. The summed E-state index contributed by atoms with van der Waals surface area (Å²) < 4.78 is 5.03. The highest BCUT2D eigenvalue weighted by Gasteiger charge is 2.12. The first-order valence-corrected chi connectivity index (χ1v) is 9.27. The molecule has 0 spiro atoms. The van der Waals surface area contributed by atoms with Crippen LogP contribution in [0.1, 0.15) is 53.4 Å². The molecule has 1 unspecified atom stereocenters. The zero-order chi connectivity index (χ0) is 19.1. The minimum absolute atomic E-state index is 0.148. The number of rotatable bonds is 6. The van der Waals surface area contributed by atoms with Crippen molar-refractivity contribution in [1.82, 2.24) is 5.32 Å². The van der Waals surface area contributed by atoms with Crippen molar-refractivity contribution >= 4 is 29.0 Å². The van der Waals surface area contributed by atoms with Gasteiger partial charge in [-0.25, -0.2) is 4.79 Å². The van der Waals surface area contributed by atoms with Crippen LogP contribution < -0.4 is 10.6 Å². The number of hydrogen-bond acceptors (Lipinski definition) is 3. The van der Waals surface area contributed by atoms with Crippen LogP contribution in [0.15, 0.2) is 42.5 Å². The first-order valence-electron chi connectivity index (χ1n) is 8.86. The Morgan fingerprint density at radius 2 is 1.81 bits per heavy atom. The van der Waals surface area contributed by atoms with Gasteiger partial charge in [0.2, 0.25) is 0 Å². The standard InChI is InChI=1S/C21H26N2O2S/c1-5-18(16-9-7-14(3)8-10-16)22-21(26)23-19-12-11-17(13-15(19)4)20(24)25-6-2/h7-13,18H,5-6H2,1-4H3,(H2,22,23,26). The van der Waals surface area contributed by atoms with E-state index >= 15 is 0 Å². The summed E-state index contributed by atoms with van der Waals surface area (Å²) in [6, 6.07) is 14.0. The molecule has 2 aromatic carbocycles. The maximum Gasteiger partial charge on any atom is 0.338 e. The molecule has 4 nitrogen and oxygen atoms in total. The van der Waals surface area contributed by atoms with E-state index in [0.29, 0.717) is 17.3 Å². The number of benzene rings is 2. The number of aryl methyl sites for hydroxylation is 2. The molecular weight excluding hydrogens is 344 g/mol. The summed E-state index contributed by atoms with van der Waals surface area (Å²) >= 11 is 5.48. The molecule has 2 aromatic rings. The Labute approximate surface area is 161 Å². The summed E-state index contributed by atoms with van der Waals surface area (Å²) in [6.07, 6.45) is 0.922. The Morgan fingerprint density at radius 3 is 2.38 bits per heavy atom. The van der Waals surface area contributed by atoms with Gasteiger partial charge in [-0.3, -0.25) is 0 Å². The van der Waals surface area contributed by atoms with Crippen LogP contribution in [-0.2, 0) is 4.74 Å². The molecule has 0 fully saturated rings. The monoisotopic (exact) mass is 370 g/mol. The van der Waals surface area contributed by atoms with Crippen LogP contribution in [0, 0.1) is 13.8 Å². The lowest BCUT2D eigenvalue weighted by Crippen LogP contribution is -2.32. The lowest BCUT2D eigenvalue weighted by atomic mass is 10.0. The van der Waals surface area contributed by atoms with E-state index in [4.69, 9.17) is 17.0 Å². The van der Waals surface area contributed by atoms with Crippen LogP contribution in [0.3, 0.4) is 0 Å². The molecule has 0 amide bonds. The van der Waals surface area contributed by atoms with Crippen molar-refractivity contribution in [3.05, 3.63) is 64.7 Å². The lowest BCUT2D eigenvalue weighted by molar-refractivity contribution is 0.0526. The smallest absolute Gasteiger partial charge is 0.338 e. The molecule has 0 aliphatic heterocycles. The molecule has 0 aromatic heterocycles. The van der Waals surface area contributed by atoms with Crippen LogP contribution in [-0.4, -0.2) is 17.7 Å². The summed E-state index contributed by atoms with van der Waals surface area (Å²) in [4.78, 5) is 11.8. The fourth-order valence-electron chi connectivity index (χ4n) is 2.68. The van der Waals surface area contributed by atoms with Gasteiger partial charge < -0.3 is 15.4 Å². The topological polar surface area (TPSA) is 50.4 Å². The minimum atomic E-state index is -0.312. The summed E-state index contributed by atoms with van der Waals surface area (Å²) in [6.45, 7) is 8.30. The second-order valence-electron chi connectivity index (χ2n) is 6.22. The zero-order valence-electron chi connectivity index (χ0n) is 15.8. The largest absolute Gasteiger partial charge is 0.462 e. The quantitative estimate of drug-likeness (QED) is 0.558. The molecule has 2 rings (SSSR count). The van der Waals surface area contributed by atoms with Gasteiger partial charge in [-0.2, -0.15) is 0 Å². The van der Waals surface area contributed by atoms with Crippen molar-refractivity contribution in [2.24, 2.45) is 0 Å². The average molecular weight is 371 g/mol. The Hall–Kier alpha value is -2.40. The van der Waals surface area contributed by atoms with Crippen molar-refractivity contribution in [2.75, 3.05) is 11.9 Å². The summed E-state index contributed by atoms with van der Waals surface area (Å²) in [7, 11) is 0. The van der Waals surface area contributed by atoms with Gasteiger partial charge in [-0.1, -0.05) is 36.8 Å². The predicted molar refractivity (Wildman–Crippen MR) is 111 cm³/mol. The highest BCUT2D eigenvalue weighted by Crippen LogP contribution is 2.20. The van der Waals surface area contributed by atoms with Gasteiger partial charge in [0.05, 0.1) is 18.2 Å². The number of esters is 1. The average Bonchev–Trinajstić information content (AvgIpc) is 2.62. The van der Waals surface area contributed by atoms with E-state index in [1.54, 1.807) is 19.1 Å². The lowest BCUT2D eigenvalue weighted by Gasteiger charge is -2.21. The van der Waals surface area contributed by atoms with E-state index in [-0.39, 0.29) is 12.0 Å². The molecule has 0 aliphatic rings. The number of carbonyl (C=O) groups is 1. The number of anilines is 1. The molecule has 0 bridgehead atoms. The van der Waals surface area contributed by atoms with Gasteiger partial charge in [0.15, 0.2) is 5.11 Å². The number of hydrogen-bond donors (Lipinski definition) is 2. The van der Waals surface area contributed by atoms with Crippen molar-refractivity contribution in [1.29, 1.82) is 0 Å². The molecule has 1 atom stereocenters. The fraction of sp³-hybridized carbons (Fsp3) is 0.333. The van der Waals surface area contributed by atoms with Crippen molar-refractivity contribution in [3.63, 3.8) is 0 Å². The second-order valence-corrected chi connectivity index (χ2v) is 6.63. The Morgan fingerprint density at radius 1 is 1.12 bits per heavy atom. The Kier molecular flexibility index (Phi) is 7.16. The van der Waals surface area contributed by atoms with Gasteiger partial charge in [-0.05, 0) is 68.7 Å². The maximum absolute atomic E-state index is 11.8. The molecule has 26 heavy (non-hydrogen) atoms. The molecule has 0 saturated heterocycles. The van der Waals surface area contributed by atoms with E-state index in [9.17, 15) is 4.79 Å². The van der Waals surface area contributed by atoms with Crippen LogP contribution in [0.5, 0.6) is 0 Å². The number of carbonyl (C=O) groups excluding carboxylic acids is 1. The molecule has 138 valence electrons. The molecule has 0 heterocycles. The normalized spacial score (nSPS) is 11.5. The van der Waals surface area contributed by atoms with E-state index in [2.05, 4.69) is 48.7 Å². The van der Waals surface area contributed by atoms with Gasteiger partial charge in [0, 0.05) is 5.69 Å². The van der Waals surface area contributed by atoms with Gasteiger partial charge in [0.1, 0.15) is 0 Å². The molecular formula is C21H26N2O2S. The van der Waals surface area contributed by atoms with Crippen molar-refractivity contribution < 1.29 is 9.53 Å². The second kappa shape index (κ2) is 9.34. The first-order chi connectivity index (χ1) is 12.4. The number of thiocarbonyl (C=S) groups is 1. The Balaban J connectivity index is 2.04. The Bertz CT molecular complexity index is 772. The van der Waals surface area contributed by atoms with Gasteiger partial charge in [0.25, 0.3) is 0 Å². The van der Waals surface area contributed by atoms with Crippen molar-refractivity contribution in [3.8, 4) is 0 Å². The molecule has 0 saturated carbocycles. The van der Waals surface area contributed by atoms with E-state index in [1.165, 1.54) is 11.1 Å². The van der Waals surface area contributed by atoms with Crippen LogP contribution in [0.4, 0.5) is 5.69 Å². The minimum Gasteiger partial charge on any atom is -0.462 e. The highest BCUT2D eigenvalue weighted by molar-refractivity contribution is 7.80. The van der Waals surface area contributed by atoms with Crippen LogP contribution in [0.2, 0.25) is 0 Å².